The number of amides is 1. The van der Waals surface area contributed by atoms with Crippen LogP contribution in [-0.4, -0.2) is 65.4 Å². The van der Waals surface area contributed by atoms with Crippen LogP contribution in [0.15, 0.2) is 11.6 Å². The normalized spacial score (nSPS) is 34.6. The van der Waals surface area contributed by atoms with Crippen LogP contribution in [0, 0.1) is 46.3 Å². The molecule has 42 heavy (non-hydrogen) atoms. The van der Waals surface area contributed by atoms with Crippen molar-refractivity contribution in [3.8, 4) is 0 Å². The van der Waals surface area contributed by atoms with Crippen molar-refractivity contribution < 1.29 is 29.3 Å². The largest absolute Gasteiger partial charge is 0.480 e. The molecule has 8 atom stereocenters. The molecule has 3 N–H and O–H groups in total. The monoisotopic (exact) mass is 588 g/mol. The summed E-state index contributed by atoms with van der Waals surface area (Å²) in [6.07, 6.45) is 15.2. The van der Waals surface area contributed by atoms with Gasteiger partial charge < -0.3 is 20.3 Å². The maximum Gasteiger partial charge on any atom is 0.407 e. The summed E-state index contributed by atoms with van der Waals surface area (Å²) in [5.41, 5.74) is 2.14. The summed E-state index contributed by atoms with van der Waals surface area (Å²) in [6.45, 7) is 11.8. The predicted octanol–water partition coefficient (Wildman–Crippen LogP) is 6.59. The highest BCUT2D eigenvalue weighted by Crippen LogP contribution is 2.67. The van der Waals surface area contributed by atoms with E-state index in [9.17, 15) is 14.4 Å². The number of carboxylic acids is 2. The second-order valence-electron chi connectivity index (χ2n) is 15.0. The fourth-order valence-electron chi connectivity index (χ4n) is 9.86. The summed E-state index contributed by atoms with van der Waals surface area (Å²) in [5, 5.41) is 20.7. The molecular weight excluding hydrogens is 532 g/mol. The Morgan fingerprint density at radius 2 is 1.71 bits per heavy atom. The standard InChI is InChI=1S/C34H56N2O6/c1-22(2)7-6-8-23(3)27-11-12-28-26-10-9-24-19-25(13-15-33(24,4)29(26)14-16-34(27,28)5)42-32(41)35-17-18-36(20-30(37)38)21-31(39)40/h9,22-23,25-29H,6-8,10-21H2,1-5H3,(H,35,41)(H,37,38)(H,39,40)/t23-,25+,26?,27-,28?,29?,33+,34-/m1/s1. The minimum atomic E-state index is -1.10. The van der Waals surface area contributed by atoms with Gasteiger partial charge in [0.1, 0.15) is 6.10 Å². The van der Waals surface area contributed by atoms with Gasteiger partial charge in [-0.3, -0.25) is 14.5 Å². The van der Waals surface area contributed by atoms with Gasteiger partial charge in [0.25, 0.3) is 0 Å². The Morgan fingerprint density at radius 1 is 1.00 bits per heavy atom. The third-order valence-corrected chi connectivity index (χ3v) is 11.9. The minimum Gasteiger partial charge on any atom is -0.480 e. The summed E-state index contributed by atoms with van der Waals surface area (Å²) in [4.78, 5) is 35.8. The minimum absolute atomic E-state index is 0.127. The number of hydrogen-bond donors (Lipinski definition) is 3. The van der Waals surface area contributed by atoms with E-state index in [0.717, 1.165) is 61.2 Å². The van der Waals surface area contributed by atoms with Crippen LogP contribution >= 0.6 is 0 Å². The lowest BCUT2D eigenvalue weighted by atomic mass is 9.47. The van der Waals surface area contributed by atoms with E-state index < -0.39 is 31.1 Å². The van der Waals surface area contributed by atoms with Gasteiger partial charge in [0, 0.05) is 19.5 Å². The van der Waals surface area contributed by atoms with Crippen molar-refractivity contribution in [1.29, 1.82) is 0 Å². The van der Waals surface area contributed by atoms with Gasteiger partial charge >= 0.3 is 18.0 Å². The van der Waals surface area contributed by atoms with E-state index in [1.807, 2.05) is 0 Å². The average Bonchev–Trinajstić information content (AvgIpc) is 3.25. The molecule has 238 valence electrons. The first-order valence-corrected chi connectivity index (χ1v) is 16.6. The Balaban J connectivity index is 1.31. The number of allylic oxidation sites excluding steroid dienone is 1. The Morgan fingerprint density at radius 3 is 2.38 bits per heavy atom. The van der Waals surface area contributed by atoms with E-state index in [2.05, 4.69) is 46.0 Å². The van der Waals surface area contributed by atoms with E-state index in [-0.39, 0.29) is 24.6 Å². The van der Waals surface area contributed by atoms with E-state index in [1.165, 1.54) is 55.4 Å². The molecule has 8 heteroatoms. The molecule has 1 amide bonds. The number of fused-ring (bicyclic) bond motifs is 5. The smallest absolute Gasteiger partial charge is 0.407 e. The van der Waals surface area contributed by atoms with Crippen LogP contribution in [0.25, 0.3) is 0 Å². The van der Waals surface area contributed by atoms with Gasteiger partial charge in [-0.15, -0.1) is 0 Å². The number of nitrogens with one attached hydrogen (secondary N) is 1. The topological polar surface area (TPSA) is 116 Å². The van der Waals surface area contributed by atoms with Crippen LogP contribution in [0.1, 0.15) is 105 Å². The highest BCUT2D eigenvalue weighted by Gasteiger charge is 2.59. The van der Waals surface area contributed by atoms with Crippen molar-refractivity contribution in [3.63, 3.8) is 0 Å². The van der Waals surface area contributed by atoms with Crippen molar-refractivity contribution in [1.82, 2.24) is 10.2 Å². The van der Waals surface area contributed by atoms with Gasteiger partial charge in [0.05, 0.1) is 13.1 Å². The van der Waals surface area contributed by atoms with E-state index in [1.54, 1.807) is 0 Å². The van der Waals surface area contributed by atoms with Crippen LogP contribution in [-0.2, 0) is 14.3 Å². The van der Waals surface area contributed by atoms with Gasteiger partial charge in [-0.2, -0.15) is 0 Å². The molecule has 0 heterocycles. The fraction of sp³-hybridized carbons (Fsp3) is 0.853. The van der Waals surface area contributed by atoms with E-state index in [4.69, 9.17) is 14.9 Å². The number of alkyl carbamates (subject to hydrolysis) is 1. The van der Waals surface area contributed by atoms with Crippen LogP contribution < -0.4 is 5.32 Å². The predicted molar refractivity (Wildman–Crippen MR) is 163 cm³/mol. The molecule has 0 bridgehead atoms. The summed E-state index contributed by atoms with van der Waals surface area (Å²) in [7, 11) is 0. The molecule has 3 saturated carbocycles. The molecule has 4 rings (SSSR count). The number of carbonyl (C=O) groups is 3. The molecule has 4 aliphatic rings. The quantitative estimate of drug-likeness (QED) is 0.208. The second-order valence-corrected chi connectivity index (χ2v) is 15.0. The van der Waals surface area contributed by atoms with Crippen molar-refractivity contribution >= 4 is 18.0 Å². The molecule has 0 aromatic carbocycles. The summed E-state index contributed by atoms with van der Waals surface area (Å²) in [5.74, 6) is 2.58. The summed E-state index contributed by atoms with van der Waals surface area (Å²) < 4.78 is 5.80. The molecule has 0 aromatic heterocycles. The van der Waals surface area contributed by atoms with Gasteiger partial charge in [0.15, 0.2) is 0 Å². The number of carboxylic acid groups (broad SMARTS) is 2. The summed E-state index contributed by atoms with van der Waals surface area (Å²) in [6, 6.07) is 0. The molecule has 0 spiro atoms. The molecule has 3 fully saturated rings. The van der Waals surface area contributed by atoms with Gasteiger partial charge in [-0.25, -0.2) is 4.79 Å². The van der Waals surface area contributed by atoms with E-state index >= 15 is 0 Å². The average molecular weight is 589 g/mol. The Hall–Kier alpha value is -2.09. The zero-order valence-corrected chi connectivity index (χ0v) is 26.7. The van der Waals surface area contributed by atoms with Crippen molar-refractivity contribution in [2.75, 3.05) is 26.2 Å². The number of rotatable bonds is 13. The Kier molecular flexibility index (Phi) is 10.7. The lowest BCUT2D eigenvalue weighted by Crippen LogP contribution is -2.51. The van der Waals surface area contributed by atoms with Crippen molar-refractivity contribution in [2.45, 2.75) is 111 Å². The highest BCUT2D eigenvalue weighted by molar-refractivity contribution is 5.72. The maximum atomic E-state index is 12.5. The first kappa shape index (κ1) is 32.8. The number of aliphatic carboxylic acids is 2. The molecule has 3 unspecified atom stereocenters. The number of hydrogen-bond acceptors (Lipinski definition) is 5. The molecule has 0 saturated heterocycles. The van der Waals surface area contributed by atoms with Crippen molar-refractivity contribution in [2.24, 2.45) is 46.3 Å². The van der Waals surface area contributed by atoms with E-state index in [0.29, 0.717) is 5.41 Å². The van der Waals surface area contributed by atoms with Crippen LogP contribution in [0.3, 0.4) is 0 Å². The van der Waals surface area contributed by atoms with Gasteiger partial charge in [-0.1, -0.05) is 65.5 Å². The lowest BCUT2D eigenvalue weighted by Gasteiger charge is -2.58. The number of nitrogens with zero attached hydrogens (tertiary/aromatic N) is 1. The lowest BCUT2D eigenvalue weighted by molar-refractivity contribution is -0.141. The Bertz CT molecular complexity index is 996. The molecule has 0 aliphatic heterocycles. The molecule has 0 radical (unpaired) electrons. The third kappa shape index (κ3) is 7.34. The highest BCUT2D eigenvalue weighted by atomic mass is 16.6. The second kappa shape index (κ2) is 13.7. The van der Waals surface area contributed by atoms with Crippen molar-refractivity contribution in [3.05, 3.63) is 11.6 Å². The van der Waals surface area contributed by atoms with Crippen LogP contribution in [0.4, 0.5) is 4.79 Å². The zero-order valence-electron chi connectivity index (χ0n) is 26.7. The summed E-state index contributed by atoms with van der Waals surface area (Å²) >= 11 is 0. The van der Waals surface area contributed by atoms with Gasteiger partial charge in [0.2, 0.25) is 0 Å². The Labute approximate surface area is 253 Å². The third-order valence-electron chi connectivity index (χ3n) is 11.9. The first-order valence-electron chi connectivity index (χ1n) is 16.6. The zero-order chi connectivity index (χ0) is 30.7. The van der Waals surface area contributed by atoms with Gasteiger partial charge in [-0.05, 0) is 91.3 Å². The maximum absolute atomic E-state index is 12.5. The molecular formula is C34H56N2O6. The first-order chi connectivity index (χ1) is 19.8. The molecule has 0 aromatic rings. The molecule has 4 aliphatic carbocycles. The van der Waals surface area contributed by atoms with Crippen LogP contribution in [0.5, 0.6) is 0 Å². The SMILES string of the molecule is CC(C)CCC[C@@H](C)[C@H]1CCC2C3CC=C4C[C@@H](OC(=O)NCCN(CC(=O)O)CC(=O)O)CC[C@]4(C)C3CC[C@@]21C. The fourth-order valence-corrected chi connectivity index (χ4v) is 9.86. The molecule has 8 nitrogen and oxygen atoms in total. The van der Waals surface area contributed by atoms with Crippen LogP contribution in [0.2, 0.25) is 0 Å². The number of ether oxygens (including phenoxy) is 1. The number of carbonyl (C=O) groups excluding carboxylic acids is 1.